The Morgan fingerprint density at radius 2 is 2.38 bits per heavy atom. The van der Waals surface area contributed by atoms with E-state index in [1.165, 1.54) is 12.3 Å². The maximum Gasteiger partial charge on any atom is 0.0299 e. The van der Waals surface area contributed by atoms with E-state index in [1.54, 1.807) is 0 Å². The molecule has 0 aromatic carbocycles. The third kappa shape index (κ3) is 0.861. The fourth-order valence-corrected chi connectivity index (χ4v) is 0.394. The molecule has 42 valence electrons. The minimum Gasteiger partial charge on any atom is -0.264 e. The summed E-state index contributed by atoms with van der Waals surface area (Å²) in [5.41, 5.74) is -0.368. The lowest BCUT2D eigenvalue weighted by molar-refractivity contribution is 1.22. The Kier molecular flexibility index (Phi) is 0.381. The lowest BCUT2D eigenvalue weighted by atomic mass is 10.2. The second kappa shape index (κ2) is 1.95. The molecule has 0 aliphatic carbocycles. The van der Waals surface area contributed by atoms with Gasteiger partial charge in [0.05, 0.1) is 0 Å². The number of aryl methyl sites for hydroxylation is 2. The van der Waals surface area contributed by atoms with Crippen molar-refractivity contribution < 1.29 is 8.22 Å². The largest absolute Gasteiger partial charge is 0.264 e. The highest BCUT2D eigenvalue weighted by atomic mass is 14.6. The first-order valence-electron chi connectivity index (χ1n) is 5.18. The van der Waals surface area contributed by atoms with Gasteiger partial charge in [-0.15, -0.1) is 0 Å². The summed E-state index contributed by atoms with van der Waals surface area (Å²) in [6, 6.07) is 1.22. The average molecular weight is 113 g/mol. The van der Waals surface area contributed by atoms with Gasteiger partial charge in [0.1, 0.15) is 0 Å². The van der Waals surface area contributed by atoms with Gasteiger partial charge in [-0.3, -0.25) is 4.98 Å². The van der Waals surface area contributed by atoms with Gasteiger partial charge < -0.3 is 0 Å². The molecule has 0 amide bonds. The fourth-order valence-electron chi connectivity index (χ4n) is 0.394. The van der Waals surface area contributed by atoms with E-state index >= 15 is 0 Å². The van der Waals surface area contributed by atoms with Crippen LogP contribution < -0.4 is 0 Å². The Hall–Kier alpha value is -0.850. The molecular formula is C7H9N. The molecule has 1 nitrogen and oxygen atoms in total. The number of pyridine rings is 1. The van der Waals surface area contributed by atoms with Crippen LogP contribution in [0.1, 0.15) is 19.4 Å². The van der Waals surface area contributed by atoms with Crippen molar-refractivity contribution in [2.75, 3.05) is 0 Å². The lowest BCUT2D eigenvalue weighted by Crippen LogP contribution is -1.78. The Labute approximate surface area is 57.8 Å². The summed E-state index contributed by atoms with van der Waals surface area (Å²) in [6.07, 6.45) is 2.35. The molecule has 0 aliphatic heterocycles. The van der Waals surface area contributed by atoms with Crippen LogP contribution in [0.4, 0.5) is 0 Å². The van der Waals surface area contributed by atoms with Crippen molar-refractivity contribution in [2.45, 2.75) is 13.7 Å². The van der Waals surface area contributed by atoms with Crippen LogP contribution in [0, 0.1) is 13.7 Å². The molecule has 0 saturated carbocycles. The highest BCUT2D eigenvalue weighted by Crippen LogP contribution is 2.00. The van der Waals surface area contributed by atoms with E-state index in [4.69, 9.17) is 8.22 Å². The molecule has 0 saturated heterocycles. The number of hydrogen-bond donors (Lipinski definition) is 0. The fraction of sp³-hybridized carbons (Fsp3) is 0.286. The number of aromatic nitrogens is 1. The molecule has 8 heavy (non-hydrogen) atoms. The van der Waals surface area contributed by atoms with Crippen LogP contribution in [0.5, 0.6) is 0 Å². The summed E-state index contributed by atoms with van der Waals surface area (Å²) in [5.74, 6) is 0. The highest BCUT2D eigenvalue weighted by molar-refractivity contribution is 5.18. The Morgan fingerprint density at radius 1 is 1.50 bits per heavy atom. The molecule has 1 rings (SSSR count). The third-order valence-electron chi connectivity index (χ3n) is 0.821. The zero-order valence-corrected chi connectivity index (χ0v) is 4.18. The second-order valence-electron chi connectivity index (χ2n) is 1.42. The third-order valence-corrected chi connectivity index (χ3v) is 0.821. The predicted molar refractivity (Wildman–Crippen MR) is 33.7 cm³/mol. The molecule has 0 atom stereocenters. The smallest absolute Gasteiger partial charge is 0.0299 e. The van der Waals surface area contributed by atoms with Crippen LogP contribution in [0.15, 0.2) is 18.5 Å². The first kappa shape index (κ1) is 1.56. The summed E-state index contributed by atoms with van der Waals surface area (Å²) in [4.78, 5) is 3.62. The first-order chi connectivity index (χ1) is 6.23. The van der Waals surface area contributed by atoms with E-state index in [0.29, 0.717) is 0 Å². The van der Waals surface area contributed by atoms with E-state index in [1.807, 2.05) is 0 Å². The number of nitrogens with zero attached hydrogens (tertiary/aromatic N) is 1. The minimum absolute atomic E-state index is 0.160. The molecular weight excluding hydrogens is 98.1 g/mol. The van der Waals surface area contributed by atoms with E-state index < -0.39 is 13.7 Å². The van der Waals surface area contributed by atoms with Gasteiger partial charge in [-0.25, -0.2) is 0 Å². The van der Waals surface area contributed by atoms with Gasteiger partial charge in [-0.2, -0.15) is 0 Å². The van der Waals surface area contributed by atoms with Gasteiger partial charge in [-0.05, 0) is 30.9 Å². The normalized spacial score (nSPS) is 23.5. The van der Waals surface area contributed by atoms with Gasteiger partial charge in [0, 0.05) is 20.6 Å². The summed E-state index contributed by atoms with van der Waals surface area (Å²) < 4.78 is 42.9. The van der Waals surface area contributed by atoms with Crippen LogP contribution in [0.3, 0.4) is 0 Å². The monoisotopic (exact) mass is 113 g/mol. The number of rotatable bonds is 0. The van der Waals surface area contributed by atoms with Crippen LogP contribution in [0.25, 0.3) is 0 Å². The molecule has 0 N–H and O–H groups in total. The van der Waals surface area contributed by atoms with Crippen molar-refractivity contribution in [3.8, 4) is 0 Å². The Balaban J connectivity index is 3.31. The topological polar surface area (TPSA) is 12.9 Å². The van der Waals surface area contributed by atoms with Gasteiger partial charge >= 0.3 is 0 Å². The summed E-state index contributed by atoms with van der Waals surface area (Å²) in [5, 5.41) is 0. The van der Waals surface area contributed by atoms with Crippen molar-refractivity contribution in [1.29, 1.82) is 0 Å². The molecule has 0 spiro atoms. The molecule has 0 fully saturated rings. The zero-order valence-electron chi connectivity index (χ0n) is 10.2. The summed E-state index contributed by atoms with van der Waals surface area (Å²) >= 11 is 0. The van der Waals surface area contributed by atoms with Crippen molar-refractivity contribution >= 4 is 0 Å². The number of hydrogen-bond acceptors (Lipinski definition) is 1. The van der Waals surface area contributed by atoms with E-state index in [2.05, 4.69) is 4.98 Å². The summed E-state index contributed by atoms with van der Waals surface area (Å²) in [7, 11) is 0. The van der Waals surface area contributed by atoms with Crippen LogP contribution in [-0.4, -0.2) is 4.98 Å². The molecule has 1 aromatic heterocycles. The summed E-state index contributed by atoms with van der Waals surface area (Å²) in [6.45, 7) is -4.84. The average Bonchev–Trinajstić information content (AvgIpc) is 2.01. The maximum atomic E-state index is 7.15. The molecule has 0 radical (unpaired) electrons. The van der Waals surface area contributed by atoms with Gasteiger partial charge in [0.25, 0.3) is 0 Å². The zero-order chi connectivity index (χ0) is 11.0. The van der Waals surface area contributed by atoms with Crippen molar-refractivity contribution in [3.63, 3.8) is 0 Å². The van der Waals surface area contributed by atoms with Crippen molar-refractivity contribution in [3.05, 3.63) is 29.6 Å². The minimum atomic E-state index is -2.43. The molecule has 1 heterocycles. The Morgan fingerprint density at radius 3 is 3.00 bits per heavy atom. The van der Waals surface area contributed by atoms with Gasteiger partial charge in [-0.1, -0.05) is 0 Å². The molecule has 0 unspecified atom stereocenters. The van der Waals surface area contributed by atoms with Crippen molar-refractivity contribution in [2.24, 2.45) is 0 Å². The molecule has 1 aromatic rings. The Bertz CT molecular complexity index is 293. The van der Waals surface area contributed by atoms with Crippen molar-refractivity contribution in [1.82, 2.24) is 4.98 Å². The molecule has 0 aliphatic rings. The quantitative estimate of drug-likeness (QED) is 0.499. The SMILES string of the molecule is [2H]C([2H])([2H])c1ccncc1C([2H])([2H])[2H]. The van der Waals surface area contributed by atoms with Gasteiger partial charge in [0.15, 0.2) is 0 Å². The first-order valence-corrected chi connectivity index (χ1v) is 2.18. The predicted octanol–water partition coefficient (Wildman–Crippen LogP) is 1.70. The molecule has 1 heteroatoms. The van der Waals surface area contributed by atoms with Crippen LogP contribution in [-0.2, 0) is 0 Å². The van der Waals surface area contributed by atoms with Crippen LogP contribution >= 0.6 is 0 Å². The second-order valence-corrected chi connectivity index (χ2v) is 1.42. The van der Waals surface area contributed by atoms with E-state index in [0.717, 1.165) is 6.20 Å². The van der Waals surface area contributed by atoms with Gasteiger partial charge in [0.2, 0.25) is 0 Å². The molecule has 0 bridgehead atoms. The standard InChI is InChI=1S/C7H9N/c1-6-3-4-8-5-7(6)2/h3-5H,1-2H3/i1D3,2D3. The lowest BCUT2D eigenvalue weighted by Gasteiger charge is -1.92. The van der Waals surface area contributed by atoms with E-state index in [-0.39, 0.29) is 11.1 Å². The van der Waals surface area contributed by atoms with E-state index in [9.17, 15) is 0 Å². The van der Waals surface area contributed by atoms with Crippen LogP contribution in [0.2, 0.25) is 0 Å². The highest BCUT2D eigenvalue weighted by Gasteiger charge is 1.84. The maximum absolute atomic E-state index is 7.15.